The van der Waals surface area contributed by atoms with Crippen LogP contribution in [0.25, 0.3) is 5.82 Å². The van der Waals surface area contributed by atoms with Crippen molar-refractivity contribution >= 4 is 5.91 Å². The molecule has 0 spiro atoms. The highest BCUT2D eigenvalue weighted by Gasteiger charge is 2.42. The molecule has 0 radical (unpaired) electrons. The fourth-order valence-corrected chi connectivity index (χ4v) is 4.53. The number of hydrogen-bond donors (Lipinski definition) is 0. The summed E-state index contributed by atoms with van der Waals surface area (Å²) in [5.74, 6) is 0.0420. The second kappa shape index (κ2) is 9.43. The largest absolute Gasteiger partial charge is 0.480 e. The van der Waals surface area contributed by atoms with Crippen LogP contribution in [-0.2, 0) is 6.18 Å². The van der Waals surface area contributed by atoms with Crippen molar-refractivity contribution in [1.82, 2.24) is 29.8 Å². The summed E-state index contributed by atoms with van der Waals surface area (Å²) in [5.41, 5.74) is -1.62. The van der Waals surface area contributed by atoms with Gasteiger partial charge in [-0.15, -0.1) is 10.2 Å². The Bertz CT molecular complexity index is 917. The molecule has 0 aromatic carbocycles. The SMILES string of the molecule is COc1ccc(-n2ncc(C(=O)N3CCN(CC4CCCCC4)CC3)c2C(F)(F)F)nn1. The van der Waals surface area contributed by atoms with Crippen molar-refractivity contribution in [2.24, 2.45) is 5.92 Å². The Labute approximate surface area is 184 Å². The van der Waals surface area contributed by atoms with Crippen molar-refractivity contribution in [3.63, 3.8) is 0 Å². The average Bonchev–Trinajstić information content (AvgIpc) is 3.26. The number of ether oxygens (including phenoxy) is 1. The third-order valence-electron chi connectivity index (χ3n) is 6.22. The van der Waals surface area contributed by atoms with Crippen LogP contribution in [-0.4, -0.2) is 75.5 Å². The summed E-state index contributed by atoms with van der Waals surface area (Å²) in [7, 11) is 1.38. The first-order chi connectivity index (χ1) is 15.4. The summed E-state index contributed by atoms with van der Waals surface area (Å²) in [5, 5.41) is 11.2. The van der Waals surface area contributed by atoms with E-state index in [0.717, 1.165) is 12.7 Å². The monoisotopic (exact) mass is 452 g/mol. The van der Waals surface area contributed by atoms with Crippen molar-refractivity contribution in [1.29, 1.82) is 0 Å². The number of carbonyl (C=O) groups is 1. The molecule has 0 unspecified atom stereocenters. The summed E-state index contributed by atoms with van der Waals surface area (Å²) in [4.78, 5) is 16.8. The smallest absolute Gasteiger partial charge is 0.434 e. The van der Waals surface area contributed by atoms with Crippen LogP contribution in [0.3, 0.4) is 0 Å². The van der Waals surface area contributed by atoms with Crippen LogP contribution in [0, 0.1) is 5.92 Å². The van der Waals surface area contributed by atoms with Crippen LogP contribution in [0.2, 0.25) is 0 Å². The summed E-state index contributed by atoms with van der Waals surface area (Å²) < 4.78 is 47.2. The third-order valence-corrected chi connectivity index (χ3v) is 6.22. The van der Waals surface area contributed by atoms with Gasteiger partial charge in [0.2, 0.25) is 5.88 Å². The molecule has 1 saturated heterocycles. The van der Waals surface area contributed by atoms with Crippen LogP contribution >= 0.6 is 0 Å². The highest BCUT2D eigenvalue weighted by atomic mass is 19.4. The lowest BCUT2D eigenvalue weighted by Crippen LogP contribution is -2.50. The van der Waals surface area contributed by atoms with Gasteiger partial charge in [0.1, 0.15) is 0 Å². The first-order valence-electron chi connectivity index (χ1n) is 10.9. The summed E-state index contributed by atoms with van der Waals surface area (Å²) in [6.07, 6.45) is 2.49. The Morgan fingerprint density at radius 1 is 1.09 bits per heavy atom. The molecule has 1 aliphatic carbocycles. The zero-order chi connectivity index (χ0) is 22.7. The lowest BCUT2D eigenvalue weighted by Gasteiger charge is -2.37. The van der Waals surface area contributed by atoms with Gasteiger partial charge in [0.15, 0.2) is 11.5 Å². The predicted molar refractivity (Wildman–Crippen MR) is 110 cm³/mol. The number of hydrogen-bond acceptors (Lipinski definition) is 6. The molecule has 2 fully saturated rings. The maximum absolute atomic E-state index is 13.9. The maximum Gasteiger partial charge on any atom is 0.434 e. The van der Waals surface area contributed by atoms with Gasteiger partial charge in [-0.3, -0.25) is 9.69 Å². The molecule has 1 amide bonds. The fraction of sp³-hybridized carbons (Fsp3) is 0.619. The number of aromatic nitrogens is 4. The zero-order valence-corrected chi connectivity index (χ0v) is 18.0. The van der Waals surface area contributed by atoms with Gasteiger partial charge in [0, 0.05) is 38.8 Å². The number of carbonyl (C=O) groups excluding carboxylic acids is 1. The minimum Gasteiger partial charge on any atom is -0.480 e. The van der Waals surface area contributed by atoms with E-state index in [2.05, 4.69) is 20.2 Å². The lowest BCUT2D eigenvalue weighted by atomic mass is 9.89. The molecule has 0 N–H and O–H groups in total. The van der Waals surface area contributed by atoms with E-state index in [4.69, 9.17) is 4.74 Å². The Morgan fingerprint density at radius 2 is 1.81 bits per heavy atom. The summed E-state index contributed by atoms with van der Waals surface area (Å²) in [6, 6.07) is 2.70. The van der Waals surface area contributed by atoms with Crippen molar-refractivity contribution in [3.8, 4) is 11.7 Å². The number of rotatable bonds is 5. The molecular formula is C21H27F3N6O2. The van der Waals surface area contributed by atoms with Crippen molar-refractivity contribution in [2.75, 3.05) is 39.8 Å². The molecule has 2 aliphatic rings. The zero-order valence-electron chi connectivity index (χ0n) is 18.0. The number of halogens is 3. The molecule has 2 aromatic heterocycles. The first-order valence-corrected chi connectivity index (χ1v) is 10.9. The van der Waals surface area contributed by atoms with Crippen molar-refractivity contribution < 1.29 is 22.7 Å². The van der Waals surface area contributed by atoms with E-state index in [0.29, 0.717) is 36.8 Å². The summed E-state index contributed by atoms with van der Waals surface area (Å²) >= 11 is 0. The normalized spacial score (nSPS) is 18.7. The Balaban J connectivity index is 1.48. The van der Waals surface area contributed by atoms with Gasteiger partial charge in [0.25, 0.3) is 5.91 Å². The van der Waals surface area contributed by atoms with Gasteiger partial charge in [-0.25, -0.2) is 4.68 Å². The number of nitrogens with zero attached hydrogens (tertiary/aromatic N) is 6. The third kappa shape index (κ3) is 4.87. The van der Waals surface area contributed by atoms with Crippen LogP contribution in [0.15, 0.2) is 18.3 Å². The molecule has 1 saturated carbocycles. The van der Waals surface area contributed by atoms with Crippen LogP contribution < -0.4 is 4.74 Å². The molecule has 4 rings (SSSR count). The molecule has 3 heterocycles. The highest BCUT2D eigenvalue weighted by molar-refractivity contribution is 5.95. The van der Waals surface area contributed by atoms with Crippen molar-refractivity contribution in [2.45, 2.75) is 38.3 Å². The van der Waals surface area contributed by atoms with E-state index in [9.17, 15) is 18.0 Å². The van der Waals surface area contributed by atoms with Gasteiger partial charge in [-0.1, -0.05) is 19.3 Å². The lowest BCUT2D eigenvalue weighted by molar-refractivity contribution is -0.143. The van der Waals surface area contributed by atoms with E-state index >= 15 is 0 Å². The van der Waals surface area contributed by atoms with Gasteiger partial charge < -0.3 is 9.64 Å². The van der Waals surface area contributed by atoms with E-state index < -0.39 is 23.3 Å². The van der Waals surface area contributed by atoms with E-state index in [1.807, 2.05) is 0 Å². The Kier molecular flexibility index (Phi) is 6.63. The minimum atomic E-state index is -4.79. The van der Waals surface area contributed by atoms with E-state index in [1.54, 1.807) is 0 Å². The molecule has 0 bridgehead atoms. The van der Waals surface area contributed by atoms with E-state index in [-0.39, 0.29) is 11.7 Å². The molecule has 0 atom stereocenters. The van der Waals surface area contributed by atoms with Crippen LogP contribution in [0.1, 0.15) is 48.2 Å². The highest BCUT2D eigenvalue weighted by Crippen LogP contribution is 2.34. The number of amides is 1. The Morgan fingerprint density at radius 3 is 2.41 bits per heavy atom. The quantitative estimate of drug-likeness (QED) is 0.694. The molecule has 174 valence electrons. The molecule has 11 heteroatoms. The minimum absolute atomic E-state index is 0.144. The maximum atomic E-state index is 13.9. The topological polar surface area (TPSA) is 76.4 Å². The van der Waals surface area contributed by atoms with Gasteiger partial charge >= 0.3 is 6.18 Å². The van der Waals surface area contributed by atoms with Gasteiger partial charge in [-0.2, -0.15) is 18.3 Å². The Hall–Kier alpha value is -2.69. The number of alkyl halides is 3. The molecule has 1 aliphatic heterocycles. The predicted octanol–water partition coefficient (Wildman–Crippen LogP) is 3.03. The summed E-state index contributed by atoms with van der Waals surface area (Å²) in [6.45, 7) is 3.14. The standard InChI is InChI=1S/C21H27F3N6O2/c1-32-18-8-7-17(26-27-18)30-19(21(22,23)24)16(13-25-30)20(31)29-11-9-28(10-12-29)14-15-5-3-2-4-6-15/h7-8,13,15H,2-6,9-12,14H2,1H3. The van der Waals surface area contributed by atoms with Gasteiger partial charge in [0.05, 0.1) is 18.9 Å². The number of methoxy groups -OCH3 is 1. The fourth-order valence-electron chi connectivity index (χ4n) is 4.53. The first kappa shape index (κ1) is 22.5. The number of piperazine rings is 1. The molecule has 32 heavy (non-hydrogen) atoms. The average molecular weight is 452 g/mol. The van der Waals surface area contributed by atoms with Crippen LogP contribution in [0.5, 0.6) is 5.88 Å². The molecule has 2 aromatic rings. The molecular weight excluding hydrogens is 425 g/mol. The second-order valence-electron chi connectivity index (χ2n) is 8.35. The van der Waals surface area contributed by atoms with Crippen LogP contribution in [0.4, 0.5) is 13.2 Å². The van der Waals surface area contributed by atoms with E-state index in [1.165, 1.54) is 56.2 Å². The second-order valence-corrected chi connectivity index (χ2v) is 8.35. The molecule has 8 nitrogen and oxygen atoms in total. The van der Waals surface area contributed by atoms with Crippen molar-refractivity contribution in [3.05, 3.63) is 29.6 Å². The van der Waals surface area contributed by atoms with Gasteiger partial charge in [-0.05, 0) is 24.8 Å².